The van der Waals surface area contributed by atoms with Crippen LogP contribution in [-0.4, -0.2) is 46.8 Å². The van der Waals surface area contributed by atoms with E-state index in [9.17, 15) is 4.79 Å². The zero-order chi connectivity index (χ0) is 13.8. The van der Waals surface area contributed by atoms with E-state index in [1.54, 1.807) is 4.68 Å². The van der Waals surface area contributed by atoms with Crippen LogP contribution < -0.4 is 5.32 Å². The van der Waals surface area contributed by atoms with Gasteiger partial charge in [0.05, 0.1) is 5.69 Å². The van der Waals surface area contributed by atoms with Crippen LogP contribution in [0.4, 0.5) is 0 Å². The molecule has 5 nitrogen and oxygen atoms in total. The minimum absolute atomic E-state index is 0. The molecule has 0 saturated carbocycles. The highest BCUT2D eigenvalue weighted by Gasteiger charge is 2.21. The lowest BCUT2D eigenvalue weighted by Crippen LogP contribution is -2.39. The van der Waals surface area contributed by atoms with Crippen molar-refractivity contribution in [3.05, 3.63) is 17.5 Å². The lowest BCUT2D eigenvalue weighted by molar-refractivity contribution is -0.133. The third-order valence-electron chi connectivity index (χ3n) is 3.87. The van der Waals surface area contributed by atoms with Crippen LogP contribution in [0.5, 0.6) is 0 Å². The van der Waals surface area contributed by atoms with Gasteiger partial charge in [0.2, 0.25) is 5.91 Å². The predicted molar refractivity (Wildman–Crippen MR) is 89.5 cm³/mol. The van der Waals surface area contributed by atoms with E-state index in [4.69, 9.17) is 0 Å². The molecule has 1 aliphatic heterocycles. The maximum atomic E-state index is 12.3. The average molecular weight is 337 g/mol. The maximum Gasteiger partial charge on any atom is 0.244 e. The summed E-state index contributed by atoms with van der Waals surface area (Å²) in [5.41, 5.74) is 2.01. The number of hydrogen-bond donors (Lipinski definition) is 1. The Kier molecular flexibility index (Phi) is 8.94. The molecule has 1 aromatic rings. The molecule has 122 valence electrons. The first kappa shape index (κ1) is 20.2. The van der Waals surface area contributed by atoms with E-state index in [2.05, 4.69) is 10.4 Å². The lowest BCUT2D eigenvalue weighted by Gasteiger charge is -2.27. The van der Waals surface area contributed by atoms with E-state index in [0.29, 0.717) is 12.6 Å². The molecule has 1 aromatic heterocycles. The van der Waals surface area contributed by atoms with Crippen LogP contribution in [-0.2, 0) is 11.3 Å². The molecule has 2 rings (SSSR count). The second-order valence-electron chi connectivity index (χ2n) is 5.42. The number of carbonyl (C=O) groups excluding carboxylic acids is 1. The second kappa shape index (κ2) is 9.28. The Balaban J connectivity index is 0.00000200. The van der Waals surface area contributed by atoms with Crippen molar-refractivity contribution in [1.82, 2.24) is 20.0 Å². The number of hydrogen-bond acceptors (Lipinski definition) is 3. The van der Waals surface area contributed by atoms with Crippen molar-refractivity contribution in [2.24, 2.45) is 0 Å². The predicted octanol–water partition coefficient (Wildman–Crippen LogP) is 1.94. The third-order valence-corrected chi connectivity index (χ3v) is 3.87. The highest BCUT2D eigenvalue weighted by atomic mass is 35.5. The van der Waals surface area contributed by atoms with E-state index >= 15 is 0 Å². The normalized spacial score (nSPS) is 18.1. The summed E-state index contributed by atoms with van der Waals surface area (Å²) < 4.78 is 1.79. The topological polar surface area (TPSA) is 50.2 Å². The smallest absolute Gasteiger partial charge is 0.244 e. The molecule has 1 saturated heterocycles. The van der Waals surface area contributed by atoms with E-state index in [0.717, 1.165) is 43.7 Å². The van der Waals surface area contributed by atoms with Crippen LogP contribution in [0.3, 0.4) is 0 Å². The molecule has 1 fully saturated rings. The maximum absolute atomic E-state index is 12.3. The molecule has 7 heteroatoms. The van der Waals surface area contributed by atoms with Crippen molar-refractivity contribution in [2.45, 2.75) is 45.7 Å². The van der Waals surface area contributed by atoms with Crippen LogP contribution in [0, 0.1) is 13.8 Å². The molecule has 21 heavy (non-hydrogen) atoms. The van der Waals surface area contributed by atoms with E-state index in [-0.39, 0.29) is 30.7 Å². The molecule has 0 spiro atoms. The van der Waals surface area contributed by atoms with E-state index in [1.165, 1.54) is 0 Å². The summed E-state index contributed by atoms with van der Waals surface area (Å²) in [7, 11) is 1.92. The number of likely N-dealkylation sites (N-methyl/N-ethyl adjacent to an activating group) is 1. The molecule has 1 atom stereocenters. The SMILES string of the molecule is Cc1cc(C)n(CC(=O)N(C)C2CCCNCC2)n1.Cl.Cl. The summed E-state index contributed by atoms with van der Waals surface area (Å²) in [6.07, 6.45) is 3.27. The molecular formula is C14H26Cl2N4O. The summed E-state index contributed by atoms with van der Waals surface area (Å²) in [5, 5.41) is 7.73. The molecule has 2 heterocycles. The highest BCUT2D eigenvalue weighted by molar-refractivity contribution is 5.85. The highest BCUT2D eigenvalue weighted by Crippen LogP contribution is 2.13. The fourth-order valence-corrected chi connectivity index (χ4v) is 2.67. The molecule has 1 amide bonds. The number of rotatable bonds is 3. The molecule has 1 aliphatic rings. The first-order valence-electron chi connectivity index (χ1n) is 7.05. The van der Waals surface area contributed by atoms with Crippen molar-refractivity contribution in [3.8, 4) is 0 Å². The summed E-state index contributed by atoms with van der Waals surface area (Å²) in [6, 6.07) is 2.36. The second-order valence-corrected chi connectivity index (χ2v) is 5.42. The van der Waals surface area contributed by atoms with Crippen molar-refractivity contribution in [3.63, 3.8) is 0 Å². The first-order valence-corrected chi connectivity index (χ1v) is 7.05. The van der Waals surface area contributed by atoms with Gasteiger partial charge in [-0.1, -0.05) is 0 Å². The number of amides is 1. The summed E-state index contributed by atoms with van der Waals surface area (Å²) in [6.45, 7) is 6.36. The van der Waals surface area contributed by atoms with Gasteiger partial charge in [0, 0.05) is 18.8 Å². The Hall–Kier alpha value is -0.780. The fourth-order valence-electron chi connectivity index (χ4n) is 2.67. The van der Waals surface area contributed by atoms with Crippen LogP contribution in [0.15, 0.2) is 6.07 Å². The zero-order valence-corrected chi connectivity index (χ0v) is 14.6. The van der Waals surface area contributed by atoms with Crippen molar-refractivity contribution >= 4 is 30.7 Å². The monoisotopic (exact) mass is 336 g/mol. The Bertz CT molecular complexity index is 442. The minimum Gasteiger partial charge on any atom is -0.341 e. The molecule has 1 unspecified atom stereocenters. The number of nitrogens with zero attached hydrogens (tertiary/aromatic N) is 3. The standard InChI is InChI=1S/C14H24N4O.2ClH/c1-11-9-12(2)18(16-11)10-14(19)17(3)13-5-4-7-15-8-6-13;;/h9,13,15H,4-8,10H2,1-3H3;2*1H. The van der Waals surface area contributed by atoms with Gasteiger partial charge in [0.15, 0.2) is 0 Å². The summed E-state index contributed by atoms with van der Waals surface area (Å²) >= 11 is 0. The van der Waals surface area contributed by atoms with Gasteiger partial charge in [-0.15, -0.1) is 24.8 Å². The van der Waals surface area contributed by atoms with Gasteiger partial charge in [0.25, 0.3) is 0 Å². The van der Waals surface area contributed by atoms with E-state index < -0.39 is 0 Å². The average Bonchev–Trinajstić information content (AvgIpc) is 2.61. The first-order chi connectivity index (χ1) is 9.08. The van der Waals surface area contributed by atoms with Gasteiger partial charge < -0.3 is 10.2 Å². The molecule has 0 aliphatic carbocycles. The molecule has 0 radical (unpaired) electrons. The van der Waals surface area contributed by atoms with Gasteiger partial charge in [-0.05, 0) is 52.3 Å². The quantitative estimate of drug-likeness (QED) is 0.917. The minimum atomic E-state index is 0. The Morgan fingerprint density at radius 3 is 2.71 bits per heavy atom. The van der Waals surface area contributed by atoms with Crippen molar-refractivity contribution in [1.29, 1.82) is 0 Å². The molecular weight excluding hydrogens is 311 g/mol. The van der Waals surface area contributed by atoms with Crippen LogP contribution in [0.25, 0.3) is 0 Å². The van der Waals surface area contributed by atoms with Gasteiger partial charge in [-0.25, -0.2) is 0 Å². The van der Waals surface area contributed by atoms with Gasteiger partial charge in [-0.2, -0.15) is 5.10 Å². The summed E-state index contributed by atoms with van der Waals surface area (Å²) in [4.78, 5) is 14.2. The van der Waals surface area contributed by atoms with Gasteiger partial charge in [0.1, 0.15) is 6.54 Å². The summed E-state index contributed by atoms with van der Waals surface area (Å²) in [5.74, 6) is 0.151. The van der Waals surface area contributed by atoms with Crippen LogP contribution >= 0.6 is 24.8 Å². The largest absolute Gasteiger partial charge is 0.341 e. The number of halogens is 2. The number of nitrogens with one attached hydrogen (secondary N) is 1. The molecule has 0 bridgehead atoms. The molecule has 1 N–H and O–H groups in total. The Morgan fingerprint density at radius 1 is 1.38 bits per heavy atom. The van der Waals surface area contributed by atoms with Crippen LogP contribution in [0.1, 0.15) is 30.7 Å². The molecule has 0 aromatic carbocycles. The van der Waals surface area contributed by atoms with Gasteiger partial charge in [-0.3, -0.25) is 9.48 Å². The number of aryl methyl sites for hydroxylation is 2. The van der Waals surface area contributed by atoms with Gasteiger partial charge >= 0.3 is 0 Å². The zero-order valence-electron chi connectivity index (χ0n) is 13.0. The Morgan fingerprint density at radius 2 is 2.10 bits per heavy atom. The van der Waals surface area contributed by atoms with Crippen LogP contribution in [0.2, 0.25) is 0 Å². The fraction of sp³-hybridized carbons (Fsp3) is 0.714. The lowest BCUT2D eigenvalue weighted by atomic mass is 10.1. The number of carbonyl (C=O) groups is 1. The van der Waals surface area contributed by atoms with E-state index in [1.807, 2.05) is 31.9 Å². The van der Waals surface area contributed by atoms with Crippen molar-refractivity contribution in [2.75, 3.05) is 20.1 Å². The third kappa shape index (κ3) is 5.49. The number of aromatic nitrogens is 2. The Labute approximate surface area is 139 Å². The van der Waals surface area contributed by atoms with Crippen molar-refractivity contribution < 1.29 is 4.79 Å².